The lowest BCUT2D eigenvalue weighted by Gasteiger charge is -2.17. The number of hydrogen-bond donors (Lipinski definition) is 3. The van der Waals surface area contributed by atoms with Gasteiger partial charge in [-0.25, -0.2) is 4.98 Å². The van der Waals surface area contributed by atoms with Crippen LogP contribution in [0.2, 0.25) is 10.0 Å². The van der Waals surface area contributed by atoms with Crippen molar-refractivity contribution < 1.29 is 9.47 Å². The Balaban J connectivity index is 1.69. The SMILES string of the molecule is COc1ncc(-c2n[nH]c3ccc(O[C@H](N)c4c(Cl)cncc4Cl)cc23)cc1N. The molecule has 4 aromatic rings. The molecule has 29 heavy (non-hydrogen) atoms. The van der Waals surface area contributed by atoms with E-state index >= 15 is 0 Å². The van der Waals surface area contributed by atoms with Crippen LogP contribution in [0.5, 0.6) is 11.6 Å². The second-order valence-electron chi connectivity index (χ2n) is 6.16. The summed E-state index contributed by atoms with van der Waals surface area (Å²) in [5, 5.41) is 8.82. The second-order valence-corrected chi connectivity index (χ2v) is 6.97. The van der Waals surface area contributed by atoms with Crippen LogP contribution in [0.3, 0.4) is 0 Å². The first-order chi connectivity index (χ1) is 14.0. The molecule has 1 aromatic carbocycles. The monoisotopic (exact) mass is 430 g/mol. The summed E-state index contributed by atoms with van der Waals surface area (Å²) in [5.74, 6) is 0.876. The highest BCUT2D eigenvalue weighted by molar-refractivity contribution is 6.35. The quantitative estimate of drug-likeness (QED) is 0.409. The van der Waals surface area contributed by atoms with Crippen LogP contribution in [0.1, 0.15) is 11.8 Å². The summed E-state index contributed by atoms with van der Waals surface area (Å²) in [6, 6.07) is 7.17. The second kappa shape index (κ2) is 7.75. The smallest absolute Gasteiger partial charge is 0.236 e. The standard InChI is InChI=1S/C19H16Cl2N6O2/c1-28-19-14(22)4-9(6-25-19)17-11-5-10(2-3-15(11)26-27-17)29-18(23)16-12(20)7-24-8-13(16)21/h2-8,18H,22-23H2,1H3,(H,26,27)/t18-/m0/s1. The van der Waals surface area contributed by atoms with Crippen molar-refractivity contribution in [3.8, 4) is 22.9 Å². The fourth-order valence-electron chi connectivity index (χ4n) is 2.95. The molecule has 4 rings (SSSR count). The molecule has 0 aliphatic heterocycles. The van der Waals surface area contributed by atoms with E-state index < -0.39 is 6.23 Å². The maximum absolute atomic E-state index is 6.17. The number of nitrogens with two attached hydrogens (primary N) is 2. The molecule has 5 N–H and O–H groups in total. The van der Waals surface area contributed by atoms with Crippen LogP contribution in [0.4, 0.5) is 5.69 Å². The summed E-state index contributed by atoms with van der Waals surface area (Å²) >= 11 is 12.3. The minimum absolute atomic E-state index is 0.329. The molecule has 10 heteroatoms. The number of halogens is 2. The number of rotatable bonds is 5. The molecule has 0 aliphatic rings. The molecular formula is C19H16Cl2N6O2. The zero-order valence-electron chi connectivity index (χ0n) is 15.2. The van der Waals surface area contributed by atoms with Crippen molar-refractivity contribution >= 4 is 39.8 Å². The first kappa shape index (κ1) is 19.3. The van der Waals surface area contributed by atoms with Crippen molar-refractivity contribution in [1.29, 1.82) is 0 Å². The van der Waals surface area contributed by atoms with Crippen LogP contribution in [0, 0.1) is 0 Å². The Labute approximate surface area is 175 Å². The molecule has 0 saturated carbocycles. The zero-order chi connectivity index (χ0) is 20.5. The molecule has 3 heterocycles. The number of fused-ring (bicyclic) bond motifs is 1. The molecule has 0 aliphatic carbocycles. The molecule has 0 unspecified atom stereocenters. The van der Waals surface area contributed by atoms with Gasteiger partial charge in [0.1, 0.15) is 11.4 Å². The highest BCUT2D eigenvalue weighted by Crippen LogP contribution is 2.34. The van der Waals surface area contributed by atoms with E-state index in [9.17, 15) is 0 Å². The fourth-order valence-corrected chi connectivity index (χ4v) is 3.53. The van der Waals surface area contributed by atoms with Crippen molar-refractivity contribution in [2.24, 2.45) is 5.73 Å². The maximum atomic E-state index is 6.17. The van der Waals surface area contributed by atoms with E-state index in [0.29, 0.717) is 38.6 Å². The van der Waals surface area contributed by atoms with E-state index in [-0.39, 0.29) is 0 Å². The molecule has 0 saturated heterocycles. The Kier molecular flexibility index (Phi) is 5.14. The van der Waals surface area contributed by atoms with Crippen LogP contribution in [0.25, 0.3) is 22.2 Å². The third-order valence-electron chi connectivity index (χ3n) is 4.32. The van der Waals surface area contributed by atoms with Crippen LogP contribution >= 0.6 is 23.2 Å². The number of nitrogens with zero attached hydrogens (tertiary/aromatic N) is 3. The molecule has 0 radical (unpaired) electrons. The minimum Gasteiger partial charge on any atom is -0.480 e. The van der Waals surface area contributed by atoms with Gasteiger partial charge in [0.25, 0.3) is 0 Å². The van der Waals surface area contributed by atoms with Gasteiger partial charge in [0.2, 0.25) is 5.88 Å². The number of methoxy groups -OCH3 is 1. The number of pyridine rings is 2. The number of hydrogen-bond acceptors (Lipinski definition) is 7. The van der Waals surface area contributed by atoms with Crippen molar-refractivity contribution in [3.63, 3.8) is 0 Å². The highest BCUT2D eigenvalue weighted by atomic mass is 35.5. The summed E-state index contributed by atoms with van der Waals surface area (Å²) < 4.78 is 11.0. The summed E-state index contributed by atoms with van der Waals surface area (Å²) in [5.41, 5.74) is 15.2. The summed E-state index contributed by atoms with van der Waals surface area (Å²) in [4.78, 5) is 8.12. The van der Waals surface area contributed by atoms with Gasteiger partial charge in [-0.2, -0.15) is 5.10 Å². The summed E-state index contributed by atoms with van der Waals surface area (Å²) in [6.45, 7) is 0. The Morgan fingerprint density at radius 1 is 1.10 bits per heavy atom. The Hall–Kier alpha value is -3.07. The summed E-state index contributed by atoms with van der Waals surface area (Å²) in [7, 11) is 1.51. The van der Waals surface area contributed by atoms with Gasteiger partial charge < -0.3 is 15.2 Å². The van der Waals surface area contributed by atoms with Crippen LogP contribution in [-0.2, 0) is 0 Å². The highest BCUT2D eigenvalue weighted by Gasteiger charge is 2.18. The fraction of sp³-hybridized carbons (Fsp3) is 0.105. The van der Waals surface area contributed by atoms with E-state index in [1.165, 1.54) is 19.5 Å². The zero-order valence-corrected chi connectivity index (χ0v) is 16.7. The molecular weight excluding hydrogens is 415 g/mol. The van der Waals surface area contributed by atoms with Gasteiger partial charge in [-0.1, -0.05) is 23.2 Å². The Morgan fingerprint density at radius 3 is 2.55 bits per heavy atom. The van der Waals surface area contributed by atoms with Crippen molar-refractivity contribution in [1.82, 2.24) is 20.2 Å². The molecule has 0 spiro atoms. The van der Waals surface area contributed by atoms with E-state index in [2.05, 4.69) is 20.2 Å². The van der Waals surface area contributed by atoms with Crippen molar-refractivity contribution in [2.75, 3.05) is 12.8 Å². The van der Waals surface area contributed by atoms with Gasteiger partial charge in [0, 0.05) is 35.1 Å². The van der Waals surface area contributed by atoms with E-state index in [1.807, 2.05) is 12.1 Å². The third kappa shape index (κ3) is 3.65. The average molecular weight is 431 g/mol. The summed E-state index contributed by atoms with van der Waals surface area (Å²) in [6.07, 6.45) is 3.69. The molecule has 1 atom stereocenters. The predicted molar refractivity (Wildman–Crippen MR) is 112 cm³/mol. The van der Waals surface area contributed by atoms with Gasteiger partial charge in [-0.15, -0.1) is 0 Å². The van der Waals surface area contributed by atoms with Crippen molar-refractivity contribution in [3.05, 3.63) is 58.5 Å². The number of nitrogen functional groups attached to an aromatic ring is 1. The number of ether oxygens (including phenoxy) is 2. The number of H-pyrrole nitrogens is 1. The Bertz CT molecular complexity index is 1180. The van der Waals surface area contributed by atoms with Gasteiger partial charge in [-0.3, -0.25) is 15.8 Å². The lowest BCUT2D eigenvalue weighted by Crippen LogP contribution is -2.18. The van der Waals surface area contributed by atoms with Crippen LogP contribution in [-0.4, -0.2) is 27.3 Å². The molecule has 3 aromatic heterocycles. The Morgan fingerprint density at radius 2 is 1.86 bits per heavy atom. The lowest BCUT2D eigenvalue weighted by atomic mass is 10.1. The first-order valence-corrected chi connectivity index (χ1v) is 9.22. The lowest BCUT2D eigenvalue weighted by molar-refractivity contribution is 0.214. The number of benzene rings is 1. The number of aromatic nitrogens is 4. The molecule has 0 bridgehead atoms. The normalized spacial score (nSPS) is 12.1. The first-order valence-electron chi connectivity index (χ1n) is 8.47. The van der Waals surface area contributed by atoms with E-state index in [0.717, 1.165) is 16.5 Å². The molecule has 0 fully saturated rings. The average Bonchev–Trinajstić information content (AvgIpc) is 3.11. The third-order valence-corrected chi connectivity index (χ3v) is 4.92. The van der Waals surface area contributed by atoms with E-state index in [1.54, 1.807) is 18.3 Å². The molecule has 8 nitrogen and oxygen atoms in total. The maximum Gasteiger partial charge on any atom is 0.236 e. The predicted octanol–water partition coefficient (Wildman–Crippen LogP) is 3.95. The van der Waals surface area contributed by atoms with Crippen molar-refractivity contribution in [2.45, 2.75) is 6.23 Å². The van der Waals surface area contributed by atoms with Gasteiger partial charge in [0.05, 0.1) is 28.4 Å². The number of anilines is 1. The number of aromatic amines is 1. The minimum atomic E-state index is -0.871. The van der Waals surface area contributed by atoms with Crippen LogP contribution < -0.4 is 20.9 Å². The van der Waals surface area contributed by atoms with Gasteiger partial charge >= 0.3 is 0 Å². The van der Waals surface area contributed by atoms with E-state index in [4.69, 9.17) is 44.1 Å². The largest absolute Gasteiger partial charge is 0.480 e. The number of nitrogens with one attached hydrogen (secondary N) is 1. The van der Waals surface area contributed by atoms with Gasteiger partial charge in [0.15, 0.2) is 6.23 Å². The topological polar surface area (TPSA) is 125 Å². The molecule has 148 valence electrons. The van der Waals surface area contributed by atoms with Gasteiger partial charge in [-0.05, 0) is 24.3 Å². The molecule has 0 amide bonds. The van der Waals surface area contributed by atoms with Crippen LogP contribution in [0.15, 0.2) is 42.9 Å².